The lowest BCUT2D eigenvalue weighted by atomic mass is 9.67. The topological polar surface area (TPSA) is 78.3 Å². The molecule has 38 heavy (non-hydrogen) atoms. The number of pyridine rings is 1. The first-order valence-electron chi connectivity index (χ1n) is 12.8. The molecule has 3 aromatic rings. The Hall–Kier alpha value is -3.91. The van der Waals surface area contributed by atoms with Gasteiger partial charge < -0.3 is 14.5 Å². The summed E-state index contributed by atoms with van der Waals surface area (Å²) >= 11 is 6.42. The van der Waals surface area contributed by atoms with E-state index < -0.39 is 11.4 Å². The molecule has 0 radical (unpaired) electrons. The van der Waals surface area contributed by atoms with E-state index in [0.717, 1.165) is 35.9 Å². The molecule has 0 bridgehead atoms. The first-order chi connectivity index (χ1) is 18.4. The van der Waals surface area contributed by atoms with Gasteiger partial charge in [-0.15, -0.1) is 0 Å². The maximum atomic E-state index is 14.4. The van der Waals surface area contributed by atoms with Crippen molar-refractivity contribution in [1.29, 1.82) is 0 Å². The van der Waals surface area contributed by atoms with E-state index >= 15 is 0 Å². The maximum Gasteiger partial charge on any atom is 0.338 e. The molecule has 1 fully saturated rings. The van der Waals surface area contributed by atoms with Crippen LogP contribution in [0, 0.1) is 5.41 Å². The minimum Gasteiger partial charge on any atom is -0.462 e. The summed E-state index contributed by atoms with van der Waals surface area (Å²) in [6, 6.07) is 18.5. The van der Waals surface area contributed by atoms with Crippen molar-refractivity contribution in [2.24, 2.45) is 10.5 Å². The molecule has 6 rings (SSSR count). The van der Waals surface area contributed by atoms with E-state index in [-0.39, 0.29) is 11.9 Å². The highest BCUT2D eigenvalue weighted by molar-refractivity contribution is 6.31. The third-order valence-corrected chi connectivity index (χ3v) is 8.08. The van der Waals surface area contributed by atoms with Crippen LogP contribution in [0.5, 0.6) is 0 Å². The summed E-state index contributed by atoms with van der Waals surface area (Å²) in [5.41, 5.74) is 3.13. The number of fused-ring (bicyclic) bond motifs is 4. The van der Waals surface area contributed by atoms with Crippen LogP contribution in [0.4, 0.5) is 17.2 Å². The summed E-state index contributed by atoms with van der Waals surface area (Å²) in [5.74, 6) is 0.431. The van der Waals surface area contributed by atoms with Crippen LogP contribution in [0.2, 0.25) is 5.02 Å². The van der Waals surface area contributed by atoms with E-state index in [0.29, 0.717) is 35.8 Å². The molecule has 8 nitrogen and oxygen atoms in total. The summed E-state index contributed by atoms with van der Waals surface area (Å²) in [4.78, 5) is 35.7. The van der Waals surface area contributed by atoms with Crippen LogP contribution in [-0.2, 0) is 16.0 Å². The minimum atomic E-state index is -0.853. The number of carbonyl (C=O) groups excluding carboxylic acids is 2. The summed E-state index contributed by atoms with van der Waals surface area (Å²) in [6.07, 6.45) is 2.32. The molecule has 1 saturated heterocycles. The standard InChI is InChI=1S/C29H28ClN5O3/c1-3-38-27(36)20-8-11-23(12-9-20)35-28(37)29(19(2)32-35)17-21-7-10-22(30)16-24(21)34-15-14-33(18-25(29)34)26-6-4-5-13-31-26/h4-13,16,25H,3,14-15,17-18H2,1-2H3/t25-,29-/m0/s1. The third-order valence-electron chi connectivity index (χ3n) is 7.84. The average Bonchev–Trinajstić information content (AvgIpc) is 3.19. The van der Waals surface area contributed by atoms with Gasteiger partial charge in [-0.1, -0.05) is 23.7 Å². The highest BCUT2D eigenvalue weighted by atomic mass is 35.5. The quantitative estimate of drug-likeness (QED) is 0.461. The summed E-state index contributed by atoms with van der Waals surface area (Å²) in [5, 5.41) is 6.97. The van der Waals surface area contributed by atoms with E-state index in [2.05, 4.69) is 14.8 Å². The largest absolute Gasteiger partial charge is 0.462 e. The van der Waals surface area contributed by atoms with Crippen LogP contribution in [0.15, 0.2) is 72.0 Å². The van der Waals surface area contributed by atoms with E-state index in [1.807, 2.05) is 43.3 Å². The number of ether oxygens (including phenoxy) is 1. The molecule has 4 heterocycles. The Bertz CT molecular complexity index is 1430. The number of hydrogen-bond donors (Lipinski definition) is 0. The molecule has 0 unspecified atom stereocenters. The van der Waals surface area contributed by atoms with Crippen molar-refractivity contribution < 1.29 is 14.3 Å². The number of benzene rings is 2. The number of hydrogen-bond acceptors (Lipinski definition) is 7. The number of anilines is 3. The first-order valence-corrected chi connectivity index (χ1v) is 13.2. The Morgan fingerprint density at radius 1 is 1.13 bits per heavy atom. The Morgan fingerprint density at radius 2 is 1.95 bits per heavy atom. The van der Waals surface area contributed by atoms with Crippen molar-refractivity contribution in [3.63, 3.8) is 0 Å². The molecule has 2 aromatic carbocycles. The number of aromatic nitrogens is 1. The molecule has 2 atom stereocenters. The molecule has 3 aliphatic heterocycles. The van der Waals surface area contributed by atoms with Crippen molar-refractivity contribution in [2.45, 2.75) is 26.3 Å². The SMILES string of the molecule is CCOC(=O)c1ccc(N2N=C(C)[C@]3(Cc4ccc(Cl)cc4N4CCN(c5ccccn5)C[C@H]43)C2=O)cc1. The zero-order valence-electron chi connectivity index (χ0n) is 21.3. The highest BCUT2D eigenvalue weighted by Crippen LogP contribution is 2.49. The number of halogens is 1. The van der Waals surface area contributed by atoms with E-state index in [1.165, 1.54) is 5.01 Å². The van der Waals surface area contributed by atoms with Crippen molar-refractivity contribution in [2.75, 3.05) is 41.0 Å². The van der Waals surface area contributed by atoms with Crippen LogP contribution < -0.4 is 14.8 Å². The van der Waals surface area contributed by atoms with Gasteiger partial charge in [-0.2, -0.15) is 10.1 Å². The molecule has 3 aliphatic rings. The van der Waals surface area contributed by atoms with Gasteiger partial charge in [0.15, 0.2) is 0 Å². The van der Waals surface area contributed by atoms with Crippen molar-refractivity contribution in [3.05, 3.63) is 83.0 Å². The number of rotatable bonds is 4. The fourth-order valence-electron chi connectivity index (χ4n) is 5.96. The second kappa shape index (κ2) is 9.44. The Labute approximate surface area is 226 Å². The van der Waals surface area contributed by atoms with Gasteiger partial charge in [0.25, 0.3) is 5.91 Å². The van der Waals surface area contributed by atoms with Gasteiger partial charge in [-0.3, -0.25) is 4.79 Å². The average molecular weight is 530 g/mol. The summed E-state index contributed by atoms with van der Waals surface area (Å²) in [7, 11) is 0. The van der Waals surface area contributed by atoms with Crippen LogP contribution in [0.3, 0.4) is 0 Å². The van der Waals surface area contributed by atoms with Gasteiger partial charge in [0.1, 0.15) is 11.2 Å². The smallest absolute Gasteiger partial charge is 0.338 e. The van der Waals surface area contributed by atoms with Gasteiger partial charge in [0.05, 0.1) is 29.6 Å². The predicted octanol–water partition coefficient (Wildman–Crippen LogP) is 4.57. The van der Waals surface area contributed by atoms with Crippen molar-refractivity contribution in [1.82, 2.24) is 4.98 Å². The van der Waals surface area contributed by atoms with E-state index in [4.69, 9.17) is 21.4 Å². The molecular formula is C29H28ClN5O3. The third kappa shape index (κ3) is 3.82. The van der Waals surface area contributed by atoms with Gasteiger partial charge in [-0.25, -0.2) is 9.78 Å². The molecule has 0 N–H and O–H groups in total. The van der Waals surface area contributed by atoms with Gasteiger partial charge in [0.2, 0.25) is 0 Å². The molecular weight excluding hydrogens is 502 g/mol. The van der Waals surface area contributed by atoms with Gasteiger partial charge >= 0.3 is 5.97 Å². The molecule has 1 spiro atoms. The van der Waals surface area contributed by atoms with E-state index in [1.54, 1.807) is 37.4 Å². The lowest BCUT2D eigenvalue weighted by Gasteiger charge is -2.53. The fourth-order valence-corrected chi connectivity index (χ4v) is 6.12. The zero-order chi connectivity index (χ0) is 26.4. The lowest BCUT2D eigenvalue weighted by Crippen LogP contribution is -2.67. The normalized spacial score (nSPS) is 22.3. The Balaban J connectivity index is 1.39. The minimum absolute atomic E-state index is 0.0719. The second-order valence-electron chi connectivity index (χ2n) is 9.83. The van der Waals surface area contributed by atoms with Crippen molar-refractivity contribution in [3.8, 4) is 0 Å². The maximum absolute atomic E-state index is 14.4. The number of carbonyl (C=O) groups is 2. The molecule has 194 valence electrons. The van der Waals surface area contributed by atoms with Crippen LogP contribution in [-0.4, -0.2) is 54.9 Å². The zero-order valence-corrected chi connectivity index (χ0v) is 22.1. The predicted molar refractivity (Wildman–Crippen MR) is 148 cm³/mol. The fraction of sp³-hybridized carbons (Fsp3) is 0.310. The monoisotopic (exact) mass is 529 g/mol. The molecule has 0 saturated carbocycles. The summed E-state index contributed by atoms with van der Waals surface area (Å²) in [6.45, 7) is 6.15. The Morgan fingerprint density at radius 3 is 2.68 bits per heavy atom. The van der Waals surface area contributed by atoms with Crippen molar-refractivity contribution >= 4 is 46.4 Å². The lowest BCUT2D eigenvalue weighted by molar-refractivity contribution is -0.125. The number of hydrazone groups is 1. The Kier molecular flexibility index (Phi) is 6.07. The van der Waals surface area contributed by atoms with Gasteiger partial charge in [-0.05, 0) is 74.4 Å². The summed E-state index contributed by atoms with van der Waals surface area (Å²) < 4.78 is 5.10. The van der Waals surface area contributed by atoms with Crippen LogP contribution in [0.25, 0.3) is 0 Å². The number of piperazine rings is 1. The molecule has 1 amide bonds. The van der Waals surface area contributed by atoms with Crippen LogP contribution >= 0.6 is 11.6 Å². The first kappa shape index (κ1) is 24.4. The second-order valence-corrected chi connectivity index (χ2v) is 10.3. The number of esters is 1. The number of nitrogens with zero attached hydrogens (tertiary/aromatic N) is 5. The van der Waals surface area contributed by atoms with Crippen LogP contribution in [0.1, 0.15) is 29.8 Å². The molecule has 1 aromatic heterocycles. The highest BCUT2D eigenvalue weighted by Gasteiger charge is 2.60. The molecule has 0 aliphatic carbocycles. The number of amides is 1. The molecule has 9 heteroatoms. The van der Waals surface area contributed by atoms with E-state index in [9.17, 15) is 9.59 Å². The van der Waals surface area contributed by atoms with Gasteiger partial charge in [0, 0.05) is 36.5 Å².